The lowest BCUT2D eigenvalue weighted by Crippen LogP contribution is -2.47. The van der Waals surface area contributed by atoms with Crippen LogP contribution in [0.3, 0.4) is 0 Å². The van der Waals surface area contributed by atoms with Gasteiger partial charge >= 0.3 is 0 Å². The molecule has 1 aliphatic heterocycles. The number of rotatable bonds is 2. The average Bonchev–Trinajstić information content (AvgIpc) is 2.86. The van der Waals surface area contributed by atoms with E-state index in [9.17, 15) is 4.39 Å². The quantitative estimate of drug-likeness (QED) is 0.853. The van der Waals surface area contributed by atoms with Crippen LogP contribution in [0.4, 0.5) is 15.9 Å². The van der Waals surface area contributed by atoms with Crippen molar-refractivity contribution in [2.24, 2.45) is 0 Å². The van der Waals surface area contributed by atoms with E-state index in [1.807, 2.05) is 17.0 Å². The Morgan fingerprint density at radius 2 is 1.74 bits per heavy atom. The summed E-state index contributed by atoms with van der Waals surface area (Å²) in [4.78, 5) is 4.13. The van der Waals surface area contributed by atoms with Crippen LogP contribution in [0, 0.1) is 5.82 Å². The van der Waals surface area contributed by atoms with E-state index in [4.69, 9.17) is 11.6 Å². The van der Waals surface area contributed by atoms with Gasteiger partial charge in [-0.3, -0.25) is 0 Å². The van der Waals surface area contributed by atoms with Gasteiger partial charge in [0.2, 0.25) is 0 Å². The lowest BCUT2D eigenvalue weighted by Gasteiger charge is -2.36. The second kappa shape index (κ2) is 5.30. The van der Waals surface area contributed by atoms with Crippen molar-refractivity contribution in [2.45, 2.75) is 0 Å². The summed E-state index contributed by atoms with van der Waals surface area (Å²) in [5.74, 6) is 0.559. The third-order valence-electron chi connectivity index (χ3n) is 3.21. The van der Waals surface area contributed by atoms with Crippen LogP contribution in [0.2, 0.25) is 5.15 Å². The number of para-hydroxylation sites is 1. The molecular weight excluding hydrogens is 287 g/mol. The maximum atomic E-state index is 13.7. The number of hydrogen-bond donors (Lipinski definition) is 0. The van der Waals surface area contributed by atoms with Gasteiger partial charge in [-0.05, 0) is 12.1 Å². The Morgan fingerprint density at radius 3 is 2.37 bits per heavy atom. The van der Waals surface area contributed by atoms with E-state index in [0.717, 1.165) is 43.7 Å². The van der Waals surface area contributed by atoms with E-state index in [-0.39, 0.29) is 5.82 Å². The summed E-state index contributed by atoms with van der Waals surface area (Å²) in [6.45, 7) is 3.02. The third kappa shape index (κ3) is 2.50. The summed E-state index contributed by atoms with van der Waals surface area (Å²) < 4.78 is 21.9. The molecule has 0 atom stereocenters. The zero-order chi connectivity index (χ0) is 13.2. The first kappa shape index (κ1) is 12.6. The van der Waals surface area contributed by atoms with Gasteiger partial charge in [-0.2, -0.15) is 8.75 Å². The molecule has 2 aromatic rings. The first-order valence-corrected chi connectivity index (χ1v) is 7.09. The van der Waals surface area contributed by atoms with E-state index < -0.39 is 0 Å². The fourth-order valence-electron chi connectivity index (χ4n) is 2.23. The van der Waals surface area contributed by atoms with E-state index >= 15 is 0 Å². The van der Waals surface area contributed by atoms with Crippen molar-refractivity contribution in [3.05, 3.63) is 35.2 Å². The van der Waals surface area contributed by atoms with Crippen molar-refractivity contribution in [3.63, 3.8) is 0 Å². The molecule has 0 N–H and O–H groups in total. The van der Waals surface area contributed by atoms with Crippen LogP contribution < -0.4 is 9.80 Å². The molecule has 0 radical (unpaired) electrons. The Bertz CT molecular complexity index is 568. The number of aromatic nitrogens is 2. The molecule has 0 bridgehead atoms. The first-order valence-electron chi connectivity index (χ1n) is 5.98. The number of hydrogen-bond acceptors (Lipinski definition) is 5. The average molecular weight is 299 g/mol. The lowest BCUT2D eigenvalue weighted by molar-refractivity contribution is 0.597. The van der Waals surface area contributed by atoms with Crippen molar-refractivity contribution in [1.29, 1.82) is 0 Å². The summed E-state index contributed by atoms with van der Waals surface area (Å²) in [6, 6.07) is 6.85. The molecule has 3 rings (SSSR count). The molecule has 1 aromatic carbocycles. The van der Waals surface area contributed by atoms with Crippen LogP contribution >= 0.6 is 23.3 Å². The van der Waals surface area contributed by atoms with Crippen LogP contribution in [0.15, 0.2) is 24.3 Å². The van der Waals surface area contributed by atoms with Crippen LogP contribution in [0.1, 0.15) is 0 Å². The number of piperazine rings is 1. The highest BCUT2D eigenvalue weighted by Crippen LogP contribution is 2.26. The van der Waals surface area contributed by atoms with Gasteiger partial charge in [0.05, 0.1) is 17.4 Å². The van der Waals surface area contributed by atoms with E-state index in [1.165, 1.54) is 6.07 Å². The maximum absolute atomic E-state index is 13.7. The first-order chi connectivity index (χ1) is 9.25. The van der Waals surface area contributed by atoms with Gasteiger partial charge in [-0.1, -0.05) is 23.7 Å². The molecule has 7 heteroatoms. The third-order valence-corrected chi connectivity index (χ3v) is 4.08. The van der Waals surface area contributed by atoms with Crippen LogP contribution in [-0.2, 0) is 0 Å². The molecule has 0 aliphatic carbocycles. The second-order valence-electron chi connectivity index (χ2n) is 4.30. The standard InChI is InChI=1S/C12H12ClFN4S/c13-11-12(16-19-15-11)18-7-5-17(6-8-18)10-4-2-1-3-9(10)14/h1-4H,5-8H2. The van der Waals surface area contributed by atoms with Gasteiger partial charge in [-0.25, -0.2) is 4.39 Å². The molecular formula is C12H12ClFN4S. The Labute approximate surface area is 119 Å². The fourth-order valence-corrected chi connectivity index (χ4v) is 3.01. The van der Waals surface area contributed by atoms with E-state index in [2.05, 4.69) is 13.6 Å². The summed E-state index contributed by atoms with van der Waals surface area (Å²) >= 11 is 7.09. The van der Waals surface area contributed by atoms with Crippen LogP contribution in [0.25, 0.3) is 0 Å². The Hall–Kier alpha value is -1.40. The normalized spacial score (nSPS) is 15.9. The molecule has 1 aromatic heterocycles. The van der Waals surface area contributed by atoms with Crippen molar-refractivity contribution >= 4 is 34.8 Å². The summed E-state index contributed by atoms with van der Waals surface area (Å²) in [5.41, 5.74) is 0.657. The highest BCUT2D eigenvalue weighted by molar-refractivity contribution is 6.99. The molecule has 2 heterocycles. The molecule has 1 saturated heterocycles. The van der Waals surface area contributed by atoms with Crippen molar-refractivity contribution in [2.75, 3.05) is 36.0 Å². The van der Waals surface area contributed by atoms with Crippen LogP contribution in [0.5, 0.6) is 0 Å². The van der Waals surface area contributed by atoms with Gasteiger partial charge in [0, 0.05) is 26.2 Å². The zero-order valence-electron chi connectivity index (χ0n) is 10.1. The maximum Gasteiger partial charge on any atom is 0.187 e. The molecule has 0 saturated carbocycles. The predicted molar refractivity (Wildman–Crippen MR) is 75.7 cm³/mol. The smallest absolute Gasteiger partial charge is 0.187 e. The summed E-state index contributed by atoms with van der Waals surface area (Å²) in [5, 5.41) is 0.448. The molecule has 0 spiro atoms. The topological polar surface area (TPSA) is 32.3 Å². The van der Waals surface area contributed by atoms with Crippen molar-refractivity contribution in [1.82, 2.24) is 8.75 Å². The minimum absolute atomic E-state index is 0.177. The fraction of sp³-hybridized carbons (Fsp3) is 0.333. The highest BCUT2D eigenvalue weighted by Gasteiger charge is 2.22. The van der Waals surface area contributed by atoms with Gasteiger partial charge in [-0.15, -0.1) is 0 Å². The minimum atomic E-state index is -0.177. The summed E-state index contributed by atoms with van der Waals surface area (Å²) in [7, 11) is 0. The number of halogens is 2. The SMILES string of the molecule is Fc1ccccc1N1CCN(c2nsnc2Cl)CC1. The van der Waals surface area contributed by atoms with Crippen molar-refractivity contribution < 1.29 is 4.39 Å². The Morgan fingerprint density at radius 1 is 1.05 bits per heavy atom. The molecule has 1 aliphatic rings. The lowest BCUT2D eigenvalue weighted by atomic mass is 10.2. The molecule has 19 heavy (non-hydrogen) atoms. The number of benzene rings is 1. The van der Waals surface area contributed by atoms with Crippen LogP contribution in [-0.4, -0.2) is 34.9 Å². The van der Waals surface area contributed by atoms with Crippen molar-refractivity contribution in [3.8, 4) is 0 Å². The molecule has 1 fully saturated rings. The summed E-state index contributed by atoms with van der Waals surface area (Å²) in [6.07, 6.45) is 0. The monoisotopic (exact) mass is 298 g/mol. The molecule has 100 valence electrons. The minimum Gasteiger partial charge on any atom is -0.366 e. The molecule has 0 amide bonds. The van der Waals surface area contributed by atoms with E-state index in [1.54, 1.807) is 6.07 Å². The van der Waals surface area contributed by atoms with Gasteiger partial charge < -0.3 is 9.80 Å². The largest absolute Gasteiger partial charge is 0.366 e. The Kier molecular flexibility index (Phi) is 3.52. The van der Waals surface area contributed by atoms with Gasteiger partial charge in [0.25, 0.3) is 0 Å². The van der Waals surface area contributed by atoms with E-state index in [0.29, 0.717) is 10.8 Å². The predicted octanol–water partition coefficient (Wildman–Crippen LogP) is 2.66. The number of anilines is 2. The second-order valence-corrected chi connectivity index (χ2v) is 5.19. The zero-order valence-corrected chi connectivity index (χ0v) is 11.7. The Balaban J connectivity index is 1.70. The molecule has 4 nitrogen and oxygen atoms in total. The number of nitrogens with zero attached hydrogens (tertiary/aromatic N) is 4. The molecule has 0 unspecified atom stereocenters. The van der Waals surface area contributed by atoms with Gasteiger partial charge in [0.15, 0.2) is 11.0 Å². The highest BCUT2D eigenvalue weighted by atomic mass is 35.5. The van der Waals surface area contributed by atoms with Gasteiger partial charge in [0.1, 0.15) is 5.82 Å².